The lowest BCUT2D eigenvalue weighted by molar-refractivity contribution is -0.160. The fourth-order valence-corrected chi connectivity index (χ4v) is 2.72. The predicted molar refractivity (Wildman–Crippen MR) is 97.8 cm³/mol. The number of rotatable bonds is 2. The van der Waals surface area contributed by atoms with Gasteiger partial charge in [-0.05, 0) is 48.2 Å². The average molecular weight is 372 g/mol. The van der Waals surface area contributed by atoms with Gasteiger partial charge >= 0.3 is 6.18 Å². The Balaban J connectivity index is 1.63. The van der Waals surface area contributed by atoms with Crippen molar-refractivity contribution in [2.75, 3.05) is 13.2 Å². The Labute approximate surface area is 156 Å². The van der Waals surface area contributed by atoms with Crippen LogP contribution in [0.3, 0.4) is 0 Å². The highest BCUT2D eigenvalue weighted by Crippen LogP contribution is 2.31. The third-order valence-corrected chi connectivity index (χ3v) is 4.15. The van der Waals surface area contributed by atoms with E-state index in [2.05, 4.69) is 11.8 Å². The molecule has 1 aliphatic heterocycles. The number of benzene rings is 2. The third kappa shape index (κ3) is 5.22. The molecular formula is C22H19F3O2. The van der Waals surface area contributed by atoms with E-state index in [0.717, 1.165) is 28.8 Å². The van der Waals surface area contributed by atoms with E-state index in [1.54, 1.807) is 0 Å². The van der Waals surface area contributed by atoms with Gasteiger partial charge in [0.2, 0.25) is 6.29 Å². The fraction of sp³-hybridized carbons (Fsp3) is 0.273. The molecule has 0 saturated carbocycles. The highest BCUT2D eigenvalue weighted by Gasteiger charge is 2.29. The van der Waals surface area contributed by atoms with Crippen LogP contribution in [-0.2, 0) is 15.7 Å². The number of ether oxygens (including phenoxy) is 2. The molecule has 1 aliphatic rings. The van der Waals surface area contributed by atoms with Crippen LogP contribution < -0.4 is 0 Å². The molecule has 1 heterocycles. The molecule has 1 fully saturated rings. The van der Waals surface area contributed by atoms with Crippen molar-refractivity contribution >= 4 is 0 Å². The number of halogens is 3. The predicted octanol–water partition coefficient (Wildman–Crippen LogP) is 5.29. The summed E-state index contributed by atoms with van der Waals surface area (Å²) in [5.41, 5.74) is 1.68. The molecule has 0 aliphatic carbocycles. The second-order valence-electron chi connectivity index (χ2n) is 6.21. The van der Waals surface area contributed by atoms with Crippen LogP contribution in [0.15, 0.2) is 60.7 Å². The molecule has 0 amide bonds. The van der Waals surface area contributed by atoms with Crippen molar-refractivity contribution < 1.29 is 22.6 Å². The number of hydrogen-bond acceptors (Lipinski definition) is 2. The highest BCUT2D eigenvalue weighted by atomic mass is 19.4. The standard InChI is InChI=1S/C22H19F3O2/c1-2-3-17-14-26-21(27-15-17)13-6-16-4-7-18(8-5-16)19-9-11-20(12-10-19)22(23,24)25/h2-5,7-12,17,21H,14-15H2,1H3/b3-2+/t17-,21-. The maximum atomic E-state index is 12.6. The third-order valence-electron chi connectivity index (χ3n) is 4.15. The Hall–Kier alpha value is -2.55. The van der Waals surface area contributed by atoms with Gasteiger partial charge in [0.25, 0.3) is 0 Å². The fourth-order valence-electron chi connectivity index (χ4n) is 2.72. The molecule has 1 saturated heterocycles. The lowest BCUT2D eigenvalue weighted by Gasteiger charge is -2.24. The summed E-state index contributed by atoms with van der Waals surface area (Å²) in [5, 5.41) is 0. The monoisotopic (exact) mass is 372 g/mol. The van der Waals surface area contributed by atoms with Gasteiger partial charge < -0.3 is 9.47 Å². The highest BCUT2D eigenvalue weighted by molar-refractivity contribution is 5.64. The second kappa shape index (κ2) is 8.43. The quantitative estimate of drug-likeness (QED) is 0.527. The smallest absolute Gasteiger partial charge is 0.341 e. The molecule has 0 aromatic heterocycles. The maximum Gasteiger partial charge on any atom is 0.416 e. The largest absolute Gasteiger partial charge is 0.416 e. The number of alkyl halides is 3. The summed E-state index contributed by atoms with van der Waals surface area (Å²) in [7, 11) is 0. The minimum Gasteiger partial charge on any atom is -0.341 e. The van der Waals surface area contributed by atoms with Crippen molar-refractivity contribution in [3.8, 4) is 23.0 Å². The van der Waals surface area contributed by atoms with Crippen LogP contribution in [0.4, 0.5) is 13.2 Å². The summed E-state index contributed by atoms with van der Waals surface area (Å²) >= 11 is 0. The Bertz CT molecular complexity index is 832. The van der Waals surface area contributed by atoms with Crippen LogP contribution in [0.25, 0.3) is 11.1 Å². The molecule has 0 N–H and O–H groups in total. The zero-order valence-corrected chi connectivity index (χ0v) is 14.8. The van der Waals surface area contributed by atoms with Crippen molar-refractivity contribution in [3.63, 3.8) is 0 Å². The van der Waals surface area contributed by atoms with Gasteiger partial charge in [0.1, 0.15) is 0 Å². The molecule has 0 spiro atoms. The van der Waals surface area contributed by atoms with Gasteiger partial charge in [-0.2, -0.15) is 13.2 Å². The zero-order valence-electron chi connectivity index (χ0n) is 14.8. The molecule has 3 rings (SSSR count). The van der Waals surface area contributed by atoms with Crippen molar-refractivity contribution in [1.29, 1.82) is 0 Å². The summed E-state index contributed by atoms with van der Waals surface area (Å²) in [5.74, 6) is 6.20. The molecule has 140 valence electrons. The van der Waals surface area contributed by atoms with E-state index in [0.29, 0.717) is 13.2 Å². The molecule has 0 atom stereocenters. The molecular weight excluding hydrogens is 353 g/mol. The minimum absolute atomic E-state index is 0.260. The molecule has 0 radical (unpaired) electrons. The number of allylic oxidation sites excluding steroid dienone is 1. The Morgan fingerprint density at radius 1 is 0.926 bits per heavy atom. The van der Waals surface area contributed by atoms with Crippen molar-refractivity contribution in [2.24, 2.45) is 5.92 Å². The Morgan fingerprint density at radius 3 is 2.00 bits per heavy atom. The Morgan fingerprint density at radius 2 is 1.48 bits per heavy atom. The zero-order chi connectivity index (χ0) is 19.3. The lowest BCUT2D eigenvalue weighted by atomic mass is 10.0. The first-order valence-electron chi connectivity index (χ1n) is 8.61. The maximum absolute atomic E-state index is 12.6. The van der Waals surface area contributed by atoms with Gasteiger partial charge in [-0.25, -0.2) is 0 Å². The SMILES string of the molecule is C/C=C/[C@H]1CO[C@H](C#Cc2ccc(-c3ccc(C(F)(F)F)cc3)cc2)OC1. The van der Waals surface area contributed by atoms with Gasteiger partial charge in [0.05, 0.1) is 18.8 Å². The van der Waals surface area contributed by atoms with Crippen molar-refractivity contribution in [2.45, 2.75) is 19.4 Å². The molecule has 0 bridgehead atoms. The second-order valence-corrected chi connectivity index (χ2v) is 6.21. The van der Waals surface area contributed by atoms with Crippen LogP contribution in [0.2, 0.25) is 0 Å². The topological polar surface area (TPSA) is 18.5 Å². The van der Waals surface area contributed by atoms with E-state index in [-0.39, 0.29) is 5.92 Å². The van der Waals surface area contributed by atoms with E-state index < -0.39 is 18.0 Å². The average Bonchev–Trinajstić information content (AvgIpc) is 2.68. The summed E-state index contributed by atoms with van der Waals surface area (Å²) in [4.78, 5) is 0. The first-order valence-corrected chi connectivity index (χ1v) is 8.61. The van der Waals surface area contributed by atoms with Crippen molar-refractivity contribution in [1.82, 2.24) is 0 Å². The lowest BCUT2D eigenvalue weighted by Crippen LogP contribution is -2.30. The minimum atomic E-state index is -4.33. The van der Waals surface area contributed by atoms with Gasteiger partial charge in [-0.15, -0.1) is 0 Å². The molecule has 2 nitrogen and oxygen atoms in total. The van der Waals surface area contributed by atoms with Crippen LogP contribution in [0, 0.1) is 17.8 Å². The summed E-state index contributed by atoms with van der Waals surface area (Å²) in [6, 6.07) is 12.4. The van der Waals surface area contributed by atoms with Gasteiger partial charge in [0.15, 0.2) is 0 Å². The molecule has 0 unspecified atom stereocenters. The van der Waals surface area contributed by atoms with E-state index >= 15 is 0 Å². The normalized spacial score (nSPS) is 20.3. The van der Waals surface area contributed by atoms with E-state index in [1.165, 1.54) is 12.1 Å². The van der Waals surface area contributed by atoms with Crippen molar-refractivity contribution in [3.05, 3.63) is 71.8 Å². The van der Waals surface area contributed by atoms with Crippen LogP contribution in [-0.4, -0.2) is 19.5 Å². The molecule has 2 aromatic carbocycles. The van der Waals surface area contributed by atoms with Gasteiger partial charge in [-0.3, -0.25) is 0 Å². The molecule has 2 aromatic rings. The van der Waals surface area contributed by atoms with E-state index in [4.69, 9.17) is 9.47 Å². The molecule has 27 heavy (non-hydrogen) atoms. The first-order chi connectivity index (χ1) is 13.0. The van der Waals surface area contributed by atoms with E-state index in [9.17, 15) is 13.2 Å². The van der Waals surface area contributed by atoms with Gasteiger partial charge in [0, 0.05) is 11.5 Å². The molecule has 5 heteroatoms. The van der Waals surface area contributed by atoms with Crippen LogP contribution >= 0.6 is 0 Å². The Kier molecular flexibility index (Phi) is 6.00. The van der Waals surface area contributed by atoms with Crippen LogP contribution in [0.5, 0.6) is 0 Å². The summed E-state index contributed by atoms with van der Waals surface area (Å²) in [6.07, 6.45) is -0.847. The first kappa shape index (κ1) is 19.2. The van der Waals surface area contributed by atoms with Crippen LogP contribution in [0.1, 0.15) is 18.1 Å². The van der Waals surface area contributed by atoms with Gasteiger partial charge in [-0.1, -0.05) is 42.3 Å². The summed E-state index contributed by atoms with van der Waals surface area (Å²) < 4.78 is 49.0. The number of hydrogen-bond donors (Lipinski definition) is 0. The summed E-state index contributed by atoms with van der Waals surface area (Å²) in [6.45, 7) is 3.12. The van der Waals surface area contributed by atoms with E-state index in [1.807, 2.05) is 43.3 Å².